The summed E-state index contributed by atoms with van der Waals surface area (Å²) >= 11 is 0. The van der Waals surface area contributed by atoms with Crippen LogP contribution in [0.15, 0.2) is 10.5 Å². The first-order valence-corrected chi connectivity index (χ1v) is 7.68. The summed E-state index contributed by atoms with van der Waals surface area (Å²) in [7, 11) is 0. The van der Waals surface area contributed by atoms with Crippen molar-refractivity contribution in [3.63, 3.8) is 0 Å². The quantitative estimate of drug-likeness (QED) is 0.885. The zero-order valence-corrected chi connectivity index (χ0v) is 14.1. The molecule has 0 fully saturated rings. The van der Waals surface area contributed by atoms with Crippen molar-refractivity contribution in [2.24, 2.45) is 5.92 Å². The molecule has 0 unspecified atom stereocenters. The van der Waals surface area contributed by atoms with Crippen LogP contribution in [0.1, 0.15) is 47.9 Å². The van der Waals surface area contributed by atoms with E-state index >= 15 is 0 Å². The SMILES string of the molecule is Cc1cc(Cn2nc(C)c(C)c2C)oc1CNCC(C)C. The Morgan fingerprint density at radius 2 is 1.95 bits per heavy atom. The van der Waals surface area contributed by atoms with E-state index in [1.165, 1.54) is 16.8 Å². The van der Waals surface area contributed by atoms with Gasteiger partial charge in [0.1, 0.15) is 11.5 Å². The number of aromatic nitrogens is 2. The lowest BCUT2D eigenvalue weighted by Gasteiger charge is -2.06. The van der Waals surface area contributed by atoms with E-state index < -0.39 is 0 Å². The number of hydrogen-bond donors (Lipinski definition) is 1. The van der Waals surface area contributed by atoms with Crippen LogP contribution < -0.4 is 5.32 Å². The molecule has 0 atom stereocenters. The first-order chi connectivity index (χ1) is 9.88. The normalized spacial score (nSPS) is 11.6. The first kappa shape index (κ1) is 15.8. The van der Waals surface area contributed by atoms with Gasteiger partial charge in [0, 0.05) is 5.69 Å². The van der Waals surface area contributed by atoms with Crippen molar-refractivity contribution >= 4 is 0 Å². The van der Waals surface area contributed by atoms with Crippen molar-refractivity contribution in [2.45, 2.75) is 54.6 Å². The van der Waals surface area contributed by atoms with Gasteiger partial charge in [-0.1, -0.05) is 13.8 Å². The fourth-order valence-electron chi connectivity index (χ4n) is 2.41. The lowest BCUT2D eigenvalue weighted by atomic mass is 10.2. The monoisotopic (exact) mass is 289 g/mol. The van der Waals surface area contributed by atoms with E-state index in [0.29, 0.717) is 12.5 Å². The molecule has 4 nitrogen and oxygen atoms in total. The molecular weight excluding hydrogens is 262 g/mol. The van der Waals surface area contributed by atoms with Crippen molar-refractivity contribution in [3.8, 4) is 0 Å². The lowest BCUT2D eigenvalue weighted by molar-refractivity contribution is 0.419. The van der Waals surface area contributed by atoms with Gasteiger partial charge < -0.3 is 9.73 Å². The molecule has 0 bridgehead atoms. The van der Waals surface area contributed by atoms with Gasteiger partial charge in [-0.15, -0.1) is 0 Å². The third-order valence-corrected chi connectivity index (χ3v) is 3.96. The maximum absolute atomic E-state index is 5.98. The topological polar surface area (TPSA) is 43.0 Å². The Balaban J connectivity index is 2.06. The Bertz CT molecular complexity index is 608. The number of aryl methyl sites for hydroxylation is 2. The number of furan rings is 1. The molecule has 0 aromatic carbocycles. The van der Waals surface area contributed by atoms with Gasteiger partial charge in [0.25, 0.3) is 0 Å². The van der Waals surface area contributed by atoms with Gasteiger partial charge in [0.15, 0.2) is 0 Å². The molecule has 0 spiro atoms. The summed E-state index contributed by atoms with van der Waals surface area (Å²) in [5, 5.41) is 8.00. The molecule has 0 radical (unpaired) electrons. The zero-order chi connectivity index (χ0) is 15.6. The Hall–Kier alpha value is -1.55. The maximum atomic E-state index is 5.98. The summed E-state index contributed by atoms with van der Waals surface area (Å²) in [5.41, 5.74) is 4.77. The molecule has 0 saturated carbocycles. The van der Waals surface area contributed by atoms with E-state index in [2.05, 4.69) is 51.1 Å². The van der Waals surface area contributed by atoms with E-state index in [1.54, 1.807) is 0 Å². The van der Waals surface area contributed by atoms with Gasteiger partial charge >= 0.3 is 0 Å². The summed E-state index contributed by atoms with van der Waals surface area (Å²) in [4.78, 5) is 0. The Morgan fingerprint density at radius 3 is 2.52 bits per heavy atom. The average molecular weight is 289 g/mol. The molecule has 1 N–H and O–H groups in total. The Labute approximate surface area is 127 Å². The molecule has 21 heavy (non-hydrogen) atoms. The third-order valence-electron chi connectivity index (χ3n) is 3.96. The highest BCUT2D eigenvalue weighted by Crippen LogP contribution is 2.18. The highest BCUT2D eigenvalue weighted by atomic mass is 16.3. The van der Waals surface area contributed by atoms with Gasteiger partial charge in [-0.25, -0.2) is 0 Å². The fourth-order valence-corrected chi connectivity index (χ4v) is 2.41. The average Bonchev–Trinajstić information content (AvgIpc) is 2.86. The Kier molecular flexibility index (Phi) is 4.88. The molecule has 116 valence electrons. The number of nitrogens with zero attached hydrogens (tertiary/aromatic N) is 2. The third kappa shape index (κ3) is 3.76. The van der Waals surface area contributed by atoms with Gasteiger partial charge in [-0.05, 0) is 57.4 Å². The lowest BCUT2D eigenvalue weighted by Crippen LogP contribution is -2.19. The fraction of sp³-hybridized carbons (Fsp3) is 0.588. The van der Waals surface area contributed by atoms with Crippen LogP contribution in [-0.2, 0) is 13.1 Å². The van der Waals surface area contributed by atoms with E-state index in [-0.39, 0.29) is 0 Å². The van der Waals surface area contributed by atoms with Crippen molar-refractivity contribution < 1.29 is 4.42 Å². The van der Waals surface area contributed by atoms with Crippen molar-refractivity contribution in [1.29, 1.82) is 0 Å². The predicted octanol–water partition coefficient (Wildman–Crippen LogP) is 3.50. The minimum atomic E-state index is 0.650. The molecule has 0 aliphatic heterocycles. The molecule has 0 aliphatic rings. The van der Waals surface area contributed by atoms with Crippen LogP contribution in [0.5, 0.6) is 0 Å². The minimum Gasteiger partial charge on any atom is -0.462 e. The second-order valence-corrected chi connectivity index (χ2v) is 6.30. The van der Waals surface area contributed by atoms with Crippen molar-refractivity contribution in [2.75, 3.05) is 6.54 Å². The summed E-state index contributed by atoms with van der Waals surface area (Å²) in [6, 6.07) is 2.12. The summed E-state index contributed by atoms with van der Waals surface area (Å²) in [6.45, 7) is 15.3. The molecule has 4 heteroatoms. The highest BCUT2D eigenvalue weighted by molar-refractivity contribution is 5.24. The summed E-state index contributed by atoms with van der Waals surface area (Å²) in [5.74, 6) is 2.65. The molecule has 0 aliphatic carbocycles. The summed E-state index contributed by atoms with van der Waals surface area (Å²) < 4.78 is 8.00. The Morgan fingerprint density at radius 1 is 1.24 bits per heavy atom. The van der Waals surface area contributed by atoms with Crippen LogP contribution >= 0.6 is 0 Å². The predicted molar refractivity (Wildman–Crippen MR) is 85.5 cm³/mol. The second-order valence-electron chi connectivity index (χ2n) is 6.30. The molecule has 2 aromatic heterocycles. The highest BCUT2D eigenvalue weighted by Gasteiger charge is 2.12. The smallest absolute Gasteiger partial charge is 0.126 e. The van der Waals surface area contributed by atoms with Crippen LogP contribution in [-0.4, -0.2) is 16.3 Å². The van der Waals surface area contributed by atoms with Crippen LogP contribution in [0, 0.1) is 33.6 Å². The zero-order valence-electron chi connectivity index (χ0n) is 14.1. The minimum absolute atomic E-state index is 0.650. The molecule has 2 aromatic rings. The number of hydrogen-bond acceptors (Lipinski definition) is 3. The van der Waals surface area contributed by atoms with Gasteiger partial charge in [0.2, 0.25) is 0 Å². The maximum Gasteiger partial charge on any atom is 0.126 e. The van der Waals surface area contributed by atoms with Crippen LogP contribution in [0.25, 0.3) is 0 Å². The van der Waals surface area contributed by atoms with Crippen LogP contribution in [0.4, 0.5) is 0 Å². The molecular formula is C17H27N3O. The second kappa shape index (κ2) is 6.48. The van der Waals surface area contributed by atoms with E-state index in [0.717, 1.165) is 30.3 Å². The molecule has 2 rings (SSSR count). The van der Waals surface area contributed by atoms with Crippen molar-refractivity contribution in [3.05, 3.63) is 40.1 Å². The van der Waals surface area contributed by atoms with E-state index in [1.807, 2.05) is 11.6 Å². The van der Waals surface area contributed by atoms with E-state index in [4.69, 9.17) is 4.42 Å². The number of nitrogens with one attached hydrogen (secondary N) is 1. The first-order valence-electron chi connectivity index (χ1n) is 7.68. The van der Waals surface area contributed by atoms with E-state index in [9.17, 15) is 0 Å². The van der Waals surface area contributed by atoms with Gasteiger partial charge in [0.05, 0.1) is 18.8 Å². The largest absolute Gasteiger partial charge is 0.462 e. The van der Waals surface area contributed by atoms with Crippen molar-refractivity contribution in [1.82, 2.24) is 15.1 Å². The van der Waals surface area contributed by atoms with Gasteiger partial charge in [-0.2, -0.15) is 5.10 Å². The van der Waals surface area contributed by atoms with Gasteiger partial charge in [-0.3, -0.25) is 4.68 Å². The van der Waals surface area contributed by atoms with Crippen LogP contribution in [0.2, 0.25) is 0 Å². The van der Waals surface area contributed by atoms with Crippen LogP contribution in [0.3, 0.4) is 0 Å². The molecule has 0 amide bonds. The number of rotatable bonds is 6. The standard InChI is InChI=1S/C17H27N3O/c1-11(2)8-18-9-17-12(3)7-16(21-17)10-20-15(6)13(4)14(5)19-20/h7,11,18H,8-10H2,1-6H3. The molecule has 0 saturated heterocycles. The molecule has 2 heterocycles. The summed E-state index contributed by atoms with van der Waals surface area (Å²) in [6.07, 6.45) is 0.